The molecule has 174 valence electrons. The van der Waals surface area contributed by atoms with Gasteiger partial charge >= 0.3 is 12.0 Å². The first kappa shape index (κ1) is 22.5. The fraction of sp³-hybridized carbons (Fsp3) is 0.391. The van der Waals surface area contributed by atoms with E-state index in [0.717, 1.165) is 37.5 Å². The average molecular weight is 453 g/mol. The summed E-state index contributed by atoms with van der Waals surface area (Å²) >= 11 is 0. The number of carbonyl (C=O) groups excluding carboxylic acids is 2. The highest BCUT2D eigenvalue weighted by molar-refractivity contribution is 5.95. The third-order valence-electron chi connectivity index (χ3n) is 5.67. The number of carbonyl (C=O) groups is 2. The van der Waals surface area contributed by atoms with Gasteiger partial charge in [-0.25, -0.2) is 19.6 Å². The number of hydrogen-bond acceptors (Lipinski definition) is 8. The van der Waals surface area contributed by atoms with Gasteiger partial charge in [-0.05, 0) is 30.7 Å². The predicted molar refractivity (Wildman–Crippen MR) is 122 cm³/mol. The van der Waals surface area contributed by atoms with E-state index in [4.69, 9.17) is 9.47 Å². The van der Waals surface area contributed by atoms with Gasteiger partial charge in [0.05, 0.1) is 25.3 Å². The van der Waals surface area contributed by atoms with Crippen LogP contribution in [0.3, 0.4) is 0 Å². The number of hydrogen-bond donors (Lipinski definition) is 2. The third kappa shape index (κ3) is 5.23. The van der Waals surface area contributed by atoms with Crippen LogP contribution in [0.2, 0.25) is 0 Å². The molecule has 0 bridgehead atoms. The molecule has 0 radical (unpaired) electrons. The van der Waals surface area contributed by atoms with Crippen LogP contribution >= 0.6 is 0 Å². The number of benzene rings is 1. The first-order valence-corrected chi connectivity index (χ1v) is 10.9. The minimum Gasteiger partial charge on any atom is -0.494 e. The number of ether oxygens (including phenoxy) is 2. The van der Waals surface area contributed by atoms with Crippen molar-refractivity contribution in [2.24, 2.45) is 0 Å². The molecule has 1 saturated heterocycles. The van der Waals surface area contributed by atoms with Crippen molar-refractivity contribution in [3.8, 4) is 5.75 Å². The lowest BCUT2D eigenvalue weighted by Gasteiger charge is -2.37. The summed E-state index contributed by atoms with van der Waals surface area (Å²) in [6.45, 7) is 5.89. The number of esters is 1. The Balaban J connectivity index is 1.53. The van der Waals surface area contributed by atoms with E-state index in [1.807, 2.05) is 31.2 Å². The summed E-state index contributed by atoms with van der Waals surface area (Å²) in [5.41, 5.74) is 1.72. The number of nitrogens with zero attached hydrogens (tertiary/aromatic N) is 4. The zero-order chi connectivity index (χ0) is 23.2. The van der Waals surface area contributed by atoms with Crippen LogP contribution in [0.1, 0.15) is 18.5 Å². The molecule has 10 heteroatoms. The maximum absolute atomic E-state index is 12.8. The number of anilines is 1. The van der Waals surface area contributed by atoms with Crippen molar-refractivity contribution in [1.82, 2.24) is 25.5 Å². The summed E-state index contributed by atoms with van der Waals surface area (Å²) in [6.07, 6.45) is 3.46. The molecule has 10 nitrogen and oxygen atoms in total. The Morgan fingerprint density at radius 2 is 1.82 bits per heavy atom. The fourth-order valence-electron chi connectivity index (χ4n) is 4.05. The molecule has 2 aliphatic heterocycles. The average Bonchev–Trinajstić information content (AvgIpc) is 2.85. The third-order valence-corrected chi connectivity index (χ3v) is 5.67. The highest BCUT2D eigenvalue weighted by Crippen LogP contribution is 2.29. The highest BCUT2D eigenvalue weighted by atomic mass is 16.5. The highest BCUT2D eigenvalue weighted by Gasteiger charge is 2.34. The topological polar surface area (TPSA) is 109 Å². The lowest BCUT2D eigenvalue weighted by atomic mass is 9.95. The molecule has 2 N–H and O–H groups in total. The molecule has 2 aliphatic rings. The molecule has 1 aromatic heterocycles. The van der Waals surface area contributed by atoms with E-state index in [9.17, 15) is 9.59 Å². The minimum absolute atomic E-state index is 0.354. The van der Waals surface area contributed by atoms with Crippen molar-refractivity contribution in [1.29, 1.82) is 0 Å². The smallest absolute Gasteiger partial charge is 0.338 e. The molecule has 3 heterocycles. The van der Waals surface area contributed by atoms with Gasteiger partial charge < -0.3 is 25.0 Å². The molecular formula is C23H28N6O4. The van der Waals surface area contributed by atoms with E-state index < -0.39 is 12.0 Å². The van der Waals surface area contributed by atoms with Crippen molar-refractivity contribution in [3.05, 3.63) is 59.6 Å². The van der Waals surface area contributed by atoms with E-state index in [0.29, 0.717) is 30.4 Å². The van der Waals surface area contributed by atoms with Crippen LogP contribution in [0.5, 0.6) is 5.75 Å². The van der Waals surface area contributed by atoms with Gasteiger partial charge in [0.2, 0.25) is 5.95 Å². The van der Waals surface area contributed by atoms with Gasteiger partial charge in [0.15, 0.2) is 0 Å². The second-order valence-electron chi connectivity index (χ2n) is 7.73. The van der Waals surface area contributed by atoms with Crippen LogP contribution in [0.25, 0.3) is 0 Å². The molecule has 0 unspecified atom stereocenters. The second-order valence-corrected chi connectivity index (χ2v) is 7.73. The molecule has 1 atom stereocenters. The predicted octanol–water partition coefficient (Wildman–Crippen LogP) is 1.48. The summed E-state index contributed by atoms with van der Waals surface area (Å²) in [5, 5.41) is 5.68. The number of nitrogens with one attached hydrogen (secondary N) is 2. The lowest BCUT2D eigenvalue weighted by Crippen LogP contribution is -2.52. The van der Waals surface area contributed by atoms with Crippen molar-refractivity contribution < 1.29 is 19.1 Å². The molecule has 4 rings (SSSR count). The molecule has 2 aromatic rings. The first-order chi connectivity index (χ1) is 16.1. The summed E-state index contributed by atoms with van der Waals surface area (Å²) in [4.78, 5) is 38.2. The van der Waals surface area contributed by atoms with Crippen LogP contribution in [0.4, 0.5) is 10.7 Å². The van der Waals surface area contributed by atoms with Crippen LogP contribution < -0.4 is 20.3 Å². The zero-order valence-corrected chi connectivity index (χ0v) is 18.8. The van der Waals surface area contributed by atoms with Crippen LogP contribution in [-0.2, 0) is 9.53 Å². The SMILES string of the molecule is CCOc1ccc([C@H]2NC(=O)NC(CN3CCN(c4ncccn4)CC3)=C2C(=O)OC)cc1. The van der Waals surface area contributed by atoms with Gasteiger partial charge in [0.25, 0.3) is 0 Å². The monoisotopic (exact) mass is 452 g/mol. The number of urea groups is 1. The van der Waals surface area contributed by atoms with Crippen molar-refractivity contribution in [3.63, 3.8) is 0 Å². The molecule has 1 fully saturated rings. The molecular weight excluding hydrogens is 424 g/mol. The maximum Gasteiger partial charge on any atom is 0.338 e. The summed E-state index contributed by atoms with van der Waals surface area (Å²) in [7, 11) is 1.34. The van der Waals surface area contributed by atoms with E-state index in [2.05, 4.69) is 30.4 Å². The fourth-order valence-corrected chi connectivity index (χ4v) is 4.05. The van der Waals surface area contributed by atoms with E-state index in [1.54, 1.807) is 18.5 Å². The lowest BCUT2D eigenvalue weighted by molar-refractivity contribution is -0.136. The summed E-state index contributed by atoms with van der Waals surface area (Å²) in [6, 6.07) is 8.17. The van der Waals surface area contributed by atoms with Gasteiger partial charge in [-0.15, -0.1) is 0 Å². The Labute approximate surface area is 192 Å². The number of methoxy groups -OCH3 is 1. The molecule has 33 heavy (non-hydrogen) atoms. The Bertz CT molecular complexity index is 1000. The van der Waals surface area contributed by atoms with Crippen molar-refractivity contribution in [2.75, 3.05) is 51.3 Å². The van der Waals surface area contributed by atoms with Gasteiger partial charge in [-0.2, -0.15) is 0 Å². The standard InChI is InChI=1S/C23H28N6O4/c1-3-33-17-7-5-16(6-8-17)20-19(21(30)32-2)18(26-23(31)27-20)15-28-11-13-29(14-12-28)22-24-9-4-10-25-22/h4-10,20H,3,11-15H2,1-2H3,(H2,26,27,31)/t20-/m1/s1. The molecule has 1 aromatic carbocycles. The summed E-state index contributed by atoms with van der Waals surface area (Å²) in [5.74, 6) is 0.954. The Morgan fingerprint density at radius 1 is 1.12 bits per heavy atom. The van der Waals surface area contributed by atoms with E-state index in [1.165, 1.54) is 7.11 Å². The number of amides is 2. The number of piperazine rings is 1. The normalized spacial score (nSPS) is 19.0. The van der Waals surface area contributed by atoms with E-state index >= 15 is 0 Å². The molecule has 2 amide bonds. The quantitative estimate of drug-likeness (QED) is 0.608. The molecule has 0 aliphatic carbocycles. The minimum atomic E-state index is -0.615. The molecule has 0 saturated carbocycles. The van der Waals surface area contributed by atoms with Gasteiger partial charge in [-0.1, -0.05) is 12.1 Å². The first-order valence-electron chi connectivity index (χ1n) is 10.9. The van der Waals surface area contributed by atoms with Crippen molar-refractivity contribution >= 4 is 17.9 Å². The second kappa shape index (κ2) is 10.3. The van der Waals surface area contributed by atoms with Crippen LogP contribution in [-0.4, -0.2) is 73.3 Å². The van der Waals surface area contributed by atoms with Gasteiger partial charge in [0.1, 0.15) is 5.75 Å². The zero-order valence-electron chi connectivity index (χ0n) is 18.8. The van der Waals surface area contributed by atoms with Crippen LogP contribution in [0.15, 0.2) is 54.0 Å². The Hall–Kier alpha value is -3.66. The Kier molecular flexibility index (Phi) is 7.04. The van der Waals surface area contributed by atoms with E-state index in [-0.39, 0.29) is 6.03 Å². The van der Waals surface area contributed by atoms with Gasteiger partial charge in [0, 0.05) is 50.8 Å². The number of aromatic nitrogens is 2. The number of rotatable bonds is 7. The largest absolute Gasteiger partial charge is 0.494 e. The molecule has 0 spiro atoms. The van der Waals surface area contributed by atoms with Crippen LogP contribution in [0, 0.1) is 0 Å². The Morgan fingerprint density at radius 3 is 2.45 bits per heavy atom. The van der Waals surface area contributed by atoms with Crippen molar-refractivity contribution in [2.45, 2.75) is 13.0 Å². The maximum atomic E-state index is 12.8. The van der Waals surface area contributed by atoms with Gasteiger partial charge in [-0.3, -0.25) is 4.90 Å². The summed E-state index contributed by atoms with van der Waals surface area (Å²) < 4.78 is 10.6.